The molecule has 0 atom stereocenters. The fourth-order valence-corrected chi connectivity index (χ4v) is 7.76. The molecule has 0 bridgehead atoms. The first kappa shape index (κ1) is 28.7. The van der Waals surface area contributed by atoms with Crippen LogP contribution in [0.1, 0.15) is 0 Å². The number of benzene rings is 8. The van der Waals surface area contributed by atoms with Gasteiger partial charge >= 0.3 is 0 Å². The van der Waals surface area contributed by atoms with Gasteiger partial charge < -0.3 is 8.83 Å². The highest BCUT2D eigenvalue weighted by molar-refractivity contribution is 6.22. The van der Waals surface area contributed by atoms with Gasteiger partial charge in [-0.2, -0.15) is 0 Å². The third-order valence-corrected chi connectivity index (χ3v) is 10.1. The summed E-state index contributed by atoms with van der Waals surface area (Å²) in [7, 11) is 0. The lowest BCUT2D eigenvalue weighted by molar-refractivity contribution is 0.668. The predicted octanol–water partition coefficient (Wildman–Crippen LogP) is 12.6. The van der Waals surface area contributed by atoms with E-state index in [1.807, 2.05) is 48.5 Å². The molecule has 242 valence electrons. The minimum atomic E-state index is 0.580. The lowest BCUT2D eigenvalue weighted by Crippen LogP contribution is -2.01. The molecule has 0 radical (unpaired) electrons. The largest absolute Gasteiger partial charge is 0.456 e. The molecule has 11 rings (SSSR count). The van der Waals surface area contributed by atoms with Gasteiger partial charge in [-0.05, 0) is 51.6 Å². The van der Waals surface area contributed by atoms with Crippen LogP contribution >= 0.6 is 0 Å². The number of aromatic nitrogens is 3. The zero-order valence-electron chi connectivity index (χ0n) is 27.7. The maximum atomic E-state index is 6.33. The first-order valence-corrected chi connectivity index (χ1v) is 17.4. The number of para-hydroxylation sites is 2. The van der Waals surface area contributed by atoms with Crippen LogP contribution in [-0.4, -0.2) is 15.0 Å². The van der Waals surface area contributed by atoms with Crippen LogP contribution in [0.15, 0.2) is 173 Å². The van der Waals surface area contributed by atoms with Crippen molar-refractivity contribution in [3.63, 3.8) is 0 Å². The molecule has 52 heavy (non-hydrogen) atoms. The van der Waals surface area contributed by atoms with Crippen LogP contribution in [0.25, 0.3) is 111 Å². The molecule has 11 aromatic rings. The van der Waals surface area contributed by atoms with E-state index in [9.17, 15) is 0 Å². The highest BCUT2D eigenvalue weighted by Gasteiger charge is 2.20. The minimum absolute atomic E-state index is 0.580. The van der Waals surface area contributed by atoms with Crippen molar-refractivity contribution >= 4 is 65.4 Å². The average Bonchev–Trinajstić information content (AvgIpc) is 3.79. The Morgan fingerprint density at radius 1 is 0.288 bits per heavy atom. The van der Waals surface area contributed by atoms with Crippen LogP contribution in [0.3, 0.4) is 0 Å². The zero-order chi connectivity index (χ0) is 34.2. The average molecular weight is 666 g/mol. The maximum absolute atomic E-state index is 6.33. The molecule has 8 aromatic carbocycles. The van der Waals surface area contributed by atoms with Crippen molar-refractivity contribution in [3.8, 4) is 45.3 Å². The van der Waals surface area contributed by atoms with Gasteiger partial charge in [-0.15, -0.1) is 0 Å². The normalized spacial score (nSPS) is 11.8. The molecular formula is C47H27N3O2. The zero-order valence-corrected chi connectivity index (χ0v) is 27.7. The summed E-state index contributed by atoms with van der Waals surface area (Å²) in [5.41, 5.74) is 8.31. The molecule has 0 amide bonds. The lowest BCUT2D eigenvalue weighted by atomic mass is 9.97. The van der Waals surface area contributed by atoms with Crippen molar-refractivity contribution in [1.82, 2.24) is 15.0 Å². The van der Waals surface area contributed by atoms with Gasteiger partial charge in [-0.1, -0.05) is 140 Å². The molecule has 0 saturated heterocycles. The summed E-state index contributed by atoms with van der Waals surface area (Å²) in [6.45, 7) is 0. The number of nitrogens with zero attached hydrogens (tertiary/aromatic N) is 3. The molecule has 0 N–H and O–H groups in total. The number of fused-ring (bicyclic) bond motifs is 9. The monoisotopic (exact) mass is 665 g/mol. The van der Waals surface area contributed by atoms with Crippen molar-refractivity contribution < 1.29 is 8.83 Å². The fourth-order valence-electron chi connectivity index (χ4n) is 7.76. The Kier molecular flexibility index (Phi) is 6.18. The quantitative estimate of drug-likeness (QED) is 0.187. The van der Waals surface area contributed by atoms with E-state index in [-0.39, 0.29) is 0 Å². The Morgan fingerprint density at radius 3 is 1.54 bits per heavy atom. The maximum Gasteiger partial charge on any atom is 0.164 e. The van der Waals surface area contributed by atoms with Gasteiger partial charge in [-0.25, -0.2) is 15.0 Å². The summed E-state index contributed by atoms with van der Waals surface area (Å²) in [5, 5.41) is 8.68. The number of hydrogen-bond donors (Lipinski definition) is 0. The summed E-state index contributed by atoms with van der Waals surface area (Å²) in [4.78, 5) is 15.7. The van der Waals surface area contributed by atoms with Crippen molar-refractivity contribution in [2.24, 2.45) is 0 Å². The summed E-state index contributed by atoms with van der Waals surface area (Å²) >= 11 is 0. The van der Waals surface area contributed by atoms with Gasteiger partial charge in [0, 0.05) is 43.6 Å². The second kappa shape index (κ2) is 11.2. The second-order valence-corrected chi connectivity index (χ2v) is 13.1. The SMILES string of the molecule is c1ccc2c(-c3ccc(-c4nc(-c5cccc6oc7ccccc7c56)nc(-c5cccc6ccc7oc8ccccc8c7c56)n4)cc3)cccc2c1. The molecule has 0 fully saturated rings. The van der Waals surface area contributed by atoms with Gasteiger partial charge in [0.15, 0.2) is 17.5 Å². The van der Waals surface area contributed by atoms with Crippen molar-refractivity contribution in [1.29, 1.82) is 0 Å². The van der Waals surface area contributed by atoms with Crippen LogP contribution in [0.4, 0.5) is 0 Å². The minimum Gasteiger partial charge on any atom is -0.456 e. The molecule has 0 aliphatic heterocycles. The topological polar surface area (TPSA) is 65.0 Å². The third kappa shape index (κ3) is 4.39. The van der Waals surface area contributed by atoms with E-state index in [4.69, 9.17) is 23.8 Å². The molecule has 0 saturated carbocycles. The first-order valence-electron chi connectivity index (χ1n) is 17.4. The van der Waals surface area contributed by atoms with Crippen molar-refractivity contribution in [2.75, 3.05) is 0 Å². The van der Waals surface area contributed by atoms with E-state index in [0.29, 0.717) is 17.5 Å². The smallest absolute Gasteiger partial charge is 0.164 e. The third-order valence-electron chi connectivity index (χ3n) is 10.1. The van der Waals surface area contributed by atoms with Crippen LogP contribution < -0.4 is 0 Å². The van der Waals surface area contributed by atoms with Gasteiger partial charge in [0.2, 0.25) is 0 Å². The molecule has 5 nitrogen and oxygen atoms in total. The van der Waals surface area contributed by atoms with Crippen molar-refractivity contribution in [2.45, 2.75) is 0 Å². The molecule has 0 aliphatic rings. The van der Waals surface area contributed by atoms with Gasteiger partial charge in [0.1, 0.15) is 22.3 Å². The standard InChI is InChI=1S/C47H27N3O2/c1-2-13-32-28(10-1)11-7-16-33(32)29-22-24-31(25-23-29)45-48-46(50-47(49-45)37-18-9-21-40-43(37)34-14-3-5-19-38(34)51-40)36-17-8-12-30-26-27-41-44(42(30)36)35-15-4-6-20-39(35)52-41/h1-27H. The molecule has 5 heteroatoms. The van der Waals surface area contributed by atoms with Crippen LogP contribution in [0.2, 0.25) is 0 Å². The summed E-state index contributed by atoms with van der Waals surface area (Å²) in [6.07, 6.45) is 0. The summed E-state index contributed by atoms with van der Waals surface area (Å²) in [5.74, 6) is 1.76. The second-order valence-electron chi connectivity index (χ2n) is 13.1. The Balaban J connectivity index is 1.17. The number of rotatable bonds is 4. The number of furan rings is 2. The Bertz CT molecular complexity index is 3190. The summed E-state index contributed by atoms with van der Waals surface area (Å²) in [6, 6.07) is 56.3. The molecular weight excluding hydrogens is 639 g/mol. The Morgan fingerprint density at radius 2 is 0.788 bits per heavy atom. The van der Waals surface area contributed by atoms with E-state index in [2.05, 4.69) is 115 Å². The first-order chi connectivity index (χ1) is 25.8. The molecule has 3 aromatic heterocycles. The molecule has 0 unspecified atom stereocenters. The Labute approximate surface area is 297 Å². The Hall–Kier alpha value is -7.11. The molecule has 0 aliphatic carbocycles. The van der Waals surface area contributed by atoms with Crippen LogP contribution in [0, 0.1) is 0 Å². The summed E-state index contributed by atoms with van der Waals surface area (Å²) < 4.78 is 12.6. The number of hydrogen-bond acceptors (Lipinski definition) is 5. The van der Waals surface area contributed by atoms with Crippen LogP contribution in [0.5, 0.6) is 0 Å². The van der Waals surface area contributed by atoms with Gasteiger partial charge in [0.05, 0.1) is 0 Å². The fraction of sp³-hybridized carbons (Fsp3) is 0. The lowest BCUT2D eigenvalue weighted by Gasteiger charge is -2.12. The van der Waals surface area contributed by atoms with Crippen LogP contribution in [-0.2, 0) is 0 Å². The molecule has 3 heterocycles. The van der Waals surface area contributed by atoms with Gasteiger partial charge in [-0.3, -0.25) is 0 Å². The van der Waals surface area contributed by atoms with Crippen molar-refractivity contribution in [3.05, 3.63) is 164 Å². The van der Waals surface area contributed by atoms with E-state index < -0.39 is 0 Å². The highest BCUT2D eigenvalue weighted by atomic mass is 16.3. The van der Waals surface area contributed by atoms with E-state index >= 15 is 0 Å². The predicted molar refractivity (Wildman–Crippen MR) is 211 cm³/mol. The highest BCUT2D eigenvalue weighted by Crippen LogP contribution is 2.41. The van der Waals surface area contributed by atoms with E-state index in [1.54, 1.807) is 0 Å². The van der Waals surface area contributed by atoms with E-state index in [0.717, 1.165) is 76.9 Å². The van der Waals surface area contributed by atoms with E-state index in [1.165, 1.54) is 16.3 Å². The molecule has 0 spiro atoms. The van der Waals surface area contributed by atoms with Gasteiger partial charge in [0.25, 0.3) is 0 Å².